The van der Waals surface area contributed by atoms with Crippen molar-refractivity contribution < 1.29 is 13.6 Å². The lowest BCUT2D eigenvalue weighted by Gasteiger charge is -2.20. The average Bonchev–Trinajstić information content (AvgIpc) is 2.95. The van der Waals surface area contributed by atoms with Crippen LogP contribution in [-0.2, 0) is 0 Å². The summed E-state index contributed by atoms with van der Waals surface area (Å²) in [6.45, 7) is 1.81. The Morgan fingerprint density at radius 3 is 2.83 bits per heavy atom. The molecule has 0 radical (unpaired) electrons. The number of anilines is 1. The molecule has 0 unspecified atom stereocenters. The summed E-state index contributed by atoms with van der Waals surface area (Å²) in [4.78, 5) is 21.8. The fraction of sp³-hybridized carbons (Fsp3) is 0.188. The number of nitrogens with zero attached hydrogens (tertiary/aromatic N) is 4. The van der Waals surface area contributed by atoms with Crippen LogP contribution in [-0.4, -0.2) is 27.3 Å². The maximum atomic E-state index is 13.3. The van der Waals surface area contributed by atoms with Crippen LogP contribution in [0.3, 0.4) is 0 Å². The molecule has 124 valence electrons. The average molecular weight is 351 g/mol. The number of carbonyl (C=O) groups excluding carboxylic acids is 1. The van der Waals surface area contributed by atoms with E-state index in [1.807, 2.05) is 6.92 Å². The minimum absolute atomic E-state index is 0.187. The Morgan fingerprint density at radius 1 is 1.38 bits per heavy atom. The topological polar surface area (TPSA) is 50.5 Å². The second-order valence-corrected chi connectivity index (χ2v) is 5.68. The first-order chi connectivity index (χ1) is 11.4. The van der Waals surface area contributed by atoms with Gasteiger partial charge in [0.1, 0.15) is 11.4 Å². The molecule has 0 bridgehead atoms. The highest BCUT2D eigenvalue weighted by Gasteiger charge is 2.28. The first-order valence-electron chi connectivity index (χ1n) is 7.04. The molecule has 5 nitrogen and oxygen atoms in total. The number of amides is 1. The number of halogens is 3. The Kier molecular flexibility index (Phi) is 4.19. The zero-order chi connectivity index (χ0) is 17.4. The maximum Gasteiger partial charge on any atom is 0.282 e. The third kappa shape index (κ3) is 2.71. The molecule has 2 aromatic heterocycles. The molecule has 1 aromatic carbocycles. The number of alkyl halides is 2. The predicted octanol–water partition coefficient (Wildman–Crippen LogP) is 3.91. The molecule has 0 saturated heterocycles. The van der Waals surface area contributed by atoms with Crippen molar-refractivity contribution in [1.82, 2.24) is 14.4 Å². The van der Waals surface area contributed by atoms with Crippen LogP contribution in [0.15, 0.2) is 36.8 Å². The number of rotatable bonds is 3. The van der Waals surface area contributed by atoms with Gasteiger partial charge in [0.15, 0.2) is 5.65 Å². The van der Waals surface area contributed by atoms with Gasteiger partial charge in [0, 0.05) is 30.2 Å². The molecule has 0 aliphatic heterocycles. The van der Waals surface area contributed by atoms with Crippen molar-refractivity contribution >= 4 is 28.8 Å². The Labute approximate surface area is 141 Å². The van der Waals surface area contributed by atoms with Gasteiger partial charge in [0.05, 0.1) is 6.20 Å². The Balaban J connectivity index is 2.14. The summed E-state index contributed by atoms with van der Waals surface area (Å²) in [6.07, 6.45) is 1.29. The van der Waals surface area contributed by atoms with Gasteiger partial charge in [0.2, 0.25) is 0 Å². The van der Waals surface area contributed by atoms with Gasteiger partial charge in [-0.05, 0) is 24.6 Å². The van der Waals surface area contributed by atoms with E-state index in [1.54, 1.807) is 18.2 Å². The summed E-state index contributed by atoms with van der Waals surface area (Å²) >= 11 is 5.98. The molecule has 0 aliphatic carbocycles. The van der Waals surface area contributed by atoms with E-state index >= 15 is 0 Å². The van der Waals surface area contributed by atoms with E-state index in [-0.39, 0.29) is 11.3 Å². The molecule has 0 atom stereocenters. The number of imidazole rings is 1. The van der Waals surface area contributed by atoms with E-state index in [1.165, 1.54) is 34.9 Å². The fourth-order valence-corrected chi connectivity index (χ4v) is 2.67. The van der Waals surface area contributed by atoms with Gasteiger partial charge in [-0.1, -0.05) is 17.7 Å². The number of aromatic nitrogens is 3. The van der Waals surface area contributed by atoms with E-state index in [2.05, 4.69) is 9.97 Å². The van der Waals surface area contributed by atoms with Gasteiger partial charge in [-0.3, -0.25) is 14.2 Å². The van der Waals surface area contributed by atoms with Crippen molar-refractivity contribution in [3.8, 4) is 0 Å². The molecule has 0 fully saturated rings. The third-order valence-electron chi connectivity index (χ3n) is 3.70. The molecule has 3 rings (SSSR count). The number of hydrogen-bond donors (Lipinski definition) is 0. The van der Waals surface area contributed by atoms with E-state index in [4.69, 9.17) is 11.6 Å². The van der Waals surface area contributed by atoms with Crippen LogP contribution >= 0.6 is 11.6 Å². The van der Waals surface area contributed by atoms with Gasteiger partial charge in [-0.2, -0.15) is 0 Å². The summed E-state index contributed by atoms with van der Waals surface area (Å²) in [5.74, 6) is -0.602. The van der Waals surface area contributed by atoms with Crippen molar-refractivity contribution in [1.29, 1.82) is 0 Å². The van der Waals surface area contributed by atoms with Crippen molar-refractivity contribution in [2.45, 2.75) is 13.3 Å². The van der Waals surface area contributed by atoms with Crippen molar-refractivity contribution in [2.75, 3.05) is 11.9 Å². The van der Waals surface area contributed by atoms with Gasteiger partial charge >= 0.3 is 0 Å². The van der Waals surface area contributed by atoms with Crippen molar-refractivity contribution in [3.63, 3.8) is 0 Å². The minimum atomic E-state index is -2.88. The molecule has 1 amide bonds. The number of aryl methyl sites for hydroxylation is 1. The molecule has 0 aliphatic rings. The van der Waals surface area contributed by atoms with Crippen LogP contribution < -0.4 is 4.90 Å². The fourth-order valence-electron chi connectivity index (χ4n) is 2.50. The molecule has 0 N–H and O–H groups in total. The van der Waals surface area contributed by atoms with Crippen LogP contribution in [0.1, 0.15) is 28.2 Å². The van der Waals surface area contributed by atoms with Crippen LogP contribution in [0.5, 0.6) is 0 Å². The molecular formula is C16H13ClF2N4O. The first-order valence-corrected chi connectivity index (χ1v) is 7.42. The summed E-state index contributed by atoms with van der Waals surface area (Å²) in [5.41, 5.74) is 0.761. The van der Waals surface area contributed by atoms with Gasteiger partial charge in [-0.25, -0.2) is 13.8 Å². The molecule has 2 heterocycles. The highest BCUT2D eigenvalue weighted by atomic mass is 35.5. The molecule has 24 heavy (non-hydrogen) atoms. The lowest BCUT2D eigenvalue weighted by atomic mass is 10.1. The van der Waals surface area contributed by atoms with Crippen molar-refractivity contribution in [3.05, 3.63) is 58.8 Å². The summed E-state index contributed by atoms with van der Waals surface area (Å²) < 4.78 is 28.0. The molecule has 0 spiro atoms. The second-order valence-electron chi connectivity index (χ2n) is 5.25. The standard InChI is InChI=1S/C16H13ClF2N4O/c1-9-3-4-10(17)7-11(9)22(2)16(24)14-13(15(18)19)21-12-8-20-5-6-23(12)14/h3-8,15H,1-2H3. The zero-order valence-electron chi connectivity index (χ0n) is 12.9. The van der Waals surface area contributed by atoms with Crippen LogP contribution in [0, 0.1) is 6.92 Å². The number of carbonyl (C=O) groups is 1. The number of fused-ring (bicyclic) bond motifs is 1. The quantitative estimate of drug-likeness (QED) is 0.719. The monoisotopic (exact) mass is 350 g/mol. The summed E-state index contributed by atoms with van der Waals surface area (Å²) in [7, 11) is 1.51. The van der Waals surface area contributed by atoms with Gasteiger partial charge < -0.3 is 4.90 Å². The lowest BCUT2D eigenvalue weighted by Crippen LogP contribution is -2.29. The molecular weight excluding hydrogens is 338 g/mol. The maximum absolute atomic E-state index is 13.3. The minimum Gasteiger partial charge on any atom is -0.310 e. The van der Waals surface area contributed by atoms with Crippen LogP contribution in [0.2, 0.25) is 5.02 Å². The predicted molar refractivity (Wildman–Crippen MR) is 86.9 cm³/mol. The largest absolute Gasteiger partial charge is 0.310 e. The smallest absolute Gasteiger partial charge is 0.282 e. The van der Waals surface area contributed by atoms with Gasteiger partial charge in [0.25, 0.3) is 12.3 Å². The Bertz CT molecular complexity index is 926. The highest BCUT2D eigenvalue weighted by molar-refractivity contribution is 6.31. The van der Waals surface area contributed by atoms with E-state index < -0.39 is 18.0 Å². The second kappa shape index (κ2) is 6.16. The van der Waals surface area contributed by atoms with Crippen LogP contribution in [0.25, 0.3) is 5.65 Å². The molecule has 3 aromatic rings. The van der Waals surface area contributed by atoms with Crippen molar-refractivity contribution in [2.24, 2.45) is 0 Å². The summed E-state index contributed by atoms with van der Waals surface area (Å²) in [6, 6.07) is 5.07. The Morgan fingerprint density at radius 2 is 2.12 bits per heavy atom. The third-order valence-corrected chi connectivity index (χ3v) is 3.94. The van der Waals surface area contributed by atoms with E-state index in [0.717, 1.165) is 5.56 Å². The number of hydrogen-bond acceptors (Lipinski definition) is 3. The highest BCUT2D eigenvalue weighted by Crippen LogP contribution is 2.28. The van der Waals surface area contributed by atoms with Crippen LogP contribution in [0.4, 0.5) is 14.5 Å². The van der Waals surface area contributed by atoms with E-state index in [9.17, 15) is 13.6 Å². The SMILES string of the molecule is Cc1ccc(Cl)cc1N(C)C(=O)c1c(C(F)F)nc2cnccn12. The number of benzene rings is 1. The molecule has 8 heteroatoms. The first kappa shape index (κ1) is 16.3. The van der Waals surface area contributed by atoms with Gasteiger partial charge in [-0.15, -0.1) is 0 Å². The molecule has 0 saturated carbocycles. The summed E-state index contributed by atoms with van der Waals surface area (Å²) in [5, 5.41) is 0.451. The zero-order valence-corrected chi connectivity index (χ0v) is 13.6. The van der Waals surface area contributed by atoms with E-state index in [0.29, 0.717) is 10.7 Å². The Hall–Kier alpha value is -2.54. The normalized spacial score (nSPS) is 11.2. The lowest BCUT2D eigenvalue weighted by molar-refractivity contribution is 0.0971.